The molecule has 0 radical (unpaired) electrons. The number of rotatable bonds is 2. The van der Waals surface area contributed by atoms with Gasteiger partial charge in [0.2, 0.25) is 15.9 Å². The number of nitrogens with two attached hydrogens (primary N) is 1. The van der Waals surface area contributed by atoms with Crippen LogP contribution in [0.5, 0.6) is 0 Å². The van der Waals surface area contributed by atoms with Gasteiger partial charge in [-0.2, -0.15) is 0 Å². The zero-order valence-electron chi connectivity index (χ0n) is 8.41. The van der Waals surface area contributed by atoms with Crippen LogP contribution in [0.1, 0.15) is 10.4 Å². The van der Waals surface area contributed by atoms with Gasteiger partial charge in [-0.05, 0) is 12.1 Å². The minimum absolute atomic E-state index is 0.207. The van der Waals surface area contributed by atoms with Crippen molar-refractivity contribution in [1.29, 1.82) is 0 Å². The largest absolute Gasteiger partial charge is 0.366 e. The fraction of sp³-hybridized carbons (Fsp3) is 0.111. The van der Waals surface area contributed by atoms with Crippen LogP contribution in [0.15, 0.2) is 24.5 Å². The molecule has 2 N–H and O–H groups in total. The Morgan fingerprint density at radius 3 is 2.69 bits per heavy atom. The van der Waals surface area contributed by atoms with Crippen LogP contribution in [0, 0.1) is 0 Å². The Kier molecular flexibility index (Phi) is 2.20. The van der Waals surface area contributed by atoms with Crippen molar-refractivity contribution in [2.45, 2.75) is 0 Å². The smallest absolute Gasteiger partial charge is 0.249 e. The molecular weight excluding hydrogens is 230 g/mol. The maximum absolute atomic E-state index is 11.4. The Morgan fingerprint density at radius 2 is 2.12 bits per heavy atom. The fourth-order valence-corrected chi connectivity index (χ4v) is 2.24. The molecule has 0 aromatic carbocycles. The minimum Gasteiger partial charge on any atom is -0.366 e. The number of primary amides is 1. The third-order valence-electron chi connectivity index (χ3n) is 2.18. The first-order valence-electron chi connectivity index (χ1n) is 4.37. The molecule has 0 atom stereocenters. The number of aromatic nitrogens is 2. The first kappa shape index (κ1) is 10.6. The molecule has 2 aromatic heterocycles. The summed E-state index contributed by atoms with van der Waals surface area (Å²) < 4.78 is 23.8. The molecule has 2 aromatic rings. The minimum atomic E-state index is -3.43. The van der Waals surface area contributed by atoms with Crippen molar-refractivity contribution in [3.63, 3.8) is 0 Å². The normalized spacial score (nSPS) is 11.8. The highest BCUT2D eigenvalue weighted by Crippen LogP contribution is 2.18. The molecule has 0 bridgehead atoms. The lowest BCUT2D eigenvalue weighted by Gasteiger charge is -2.01. The lowest BCUT2D eigenvalue weighted by molar-refractivity contribution is 0.100. The second kappa shape index (κ2) is 3.31. The summed E-state index contributed by atoms with van der Waals surface area (Å²) in [4.78, 5) is 15.0. The summed E-state index contributed by atoms with van der Waals surface area (Å²) in [7, 11) is -3.43. The van der Waals surface area contributed by atoms with Gasteiger partial charge in [0.1, 0.15) is 0 Å². The predicted octanol–water partition coefficient (Wildman–Crippen LogP) is -0.0571. The molecule has 7 heteroatoms. The molecule has 6 nitrogen and oxygen atoms in total. The summed E-state index contributed by atoms with van der Waals surface area (Å²) in [5.41, 5.74) is 5.64. The molecule has 0 aliphatic rings. The van der Waals surface area contributed by atoms with Crippen molar-refractivity contribution in [3.05, 3.63) is 30.1 Å². The number of hydrogen-bond acceptors (Lipinski definition) is 4. The number of carbonyl (C=O) groups is 1. The van der Waals surface area contributed by atoms with Crippen LogP contribution in [0.3, 0.4) is 0 Å². The second-order valence-electron chi connectivity index (χ2n) is 3.33. The standard InChI is InChI=1S/C9H9N3O3S/c1-16(14,15)12-5-3-7-6(8(10)13)2-4-11-9(7)12/h2-5H,1H3,(H2,10,13). The van der Waals surface area contributed by atoms with Crippen molar-refractivity contribution in [3.8, 4) is 0 Å². The van der Waals surface area contributed by atoms with E-state index in [-0.39, 0.29) is 11.2 Å². The summed E-state index contributed by atoms with van der Waals surface area (Å²) in [5.74, 6) is -0.612. The van der Waals surface area contributed by atoms with Crippen LogP contribution < -0.4 is 5.73 Å². The maximum atomic E-state index is 11.4. The Morgan fingerprint density at radius 1 is 1.44 bits per heavy atom. The van der Waals surface area contributed by atoms with Crippen LogP contribution in [0.25, 0.3) is 11.0 Å². The first-order valence-corrected chi connectivity index (χ1v) is 6.22. The molecule has 1 amide bonds. The monoisotopic (exact) mass is 239 g/mol. The van der Waals surface area contributed by atoms with Crippen molar-refractivity contribution in [2.24, 2.45) is 5.73 Å². The van der Waals surface area contributed by atoms with E-state index in [1.54, 1.807) is 0 Å². The number of hydrogen-bond donors (Lipinski definition) is 1. The summed E-state index contributed by atoms with van der Waals surface area (Å²) in [5, 5.41) is 0.431. The van der Waals surface area contributed by atoms with Gasteiger partial charge in [-0.3, -0.25) is 4.79 Å². The van der Waals surface area contributed by atoms with Gasteiger partial charge >= 0.3 is 0 Å². The highest BCUT2D eigenvalue weighted by Gasteiger charge is 2.14. The summed E-state index contributed by atoms with van der Waals surface area (Å²) in [6.45, 7) is 0. The van der Waals surface area contributed by atoms with E-state index in [1.807, 2.05) is 0 Å². The Labute approximate surface area is 91.7 Å². The zero-order chi connectivity index (χ0) is 11.9. The van der Waals surface area contributed by atoms with E-state index in [0.717, 1.165) is 10.2 Å². The van der Waals surface area contributed by atoms with Crippen molar-refractivity contribution in [1.82, 2.24) is 8.96 Å². The van der Waals surface area contributed by atoms with Gasteiger partial charge in [0.05, 0.1) is 11.8 Å². The molecule has 0 aliphatic heterocycles. The average Bonchev–Trinajstić information content (AvgIpc) is 2.59. The van der Waals surface area contributed by atoms with Gasteiger partial charge in [0.15, 0.2) is 5.65 Å². The second-order valence-corrected chi connectivity index (χ2v) is 5.19. The molecule has 0 saturated heterocycles. The Hall–Kier alpha value is -1.89. The van der Waals surface area contributed by atoms with Crippen LogP contribution in [0.2, 0.25) is 0 Å². The lowest BCUT2D eigenvalue weighted by Crippen LogP contribution is -2.13. The van der Waals surface area contributed by atoms with Gasteiger partial charge in [-0.25, -0.2) is 17.4 Å². The lowest BCUT2D eigenvalue weighted by atomic mass is 10.2. The van der Waals surface area contributed by atoms with Crippen molar-refractivity contribution in [2.75, 3.05) is 6.26 Å². The number of fused-ring (bicyclic) bond motifs is 1. The number of nitrogens with zero attached hydrogens (tertiary/aromatic N) is 2. The van der Waals surface area contributed by atoms with E-state index in [2.05, 4.69) is 4.98 Å². The zero-order valence-corrected chi connectivity index (χ0v) is 9.23. The van der Waals surface area contributed by atoms with Gasteiger partial charge in [0.25, 0.3) is 0 Å². The molecule has 2 heterocycles. The highest BCUT2D eigenvalue weighted by atomic mass is 32.2. The molecule has 0 fully saturated rings. The topological polar surface area (TPSA) is 95.0 Å². The van der Waals surface area contributed by atoms with Crippen LogP contribution in [-0.4, -0.2) is 29.5 Å². The first-order chi connectivity index (χ1) is 7.41. The predicted molar refractivity (Wildman–Crippen MR) is 58.5 cm³/mol. The summed E-state index contributed by atoms with van der Waals surface area (Å²) >= 11 is 0. The van der Waals surface area contributed by atoms with Gasteiger partial charge < -0.3 is 5.73 Å². The number of amides is 1. The van der Waals surface area contributed by atoms with Gasteiger partial charge in [-0.1, -0.05) is 0 Å². The van der Waals surface area contributed by atoms with Crippen LogP contribution in [-0.2, 0) is 10.0 Å². The molecule has 0 spiro atoms. The number of carbonyl (C=O) groups excluding carboxylic acids is 1. The quantitative estimate of drug-likeness (QED) is 0.794. The molecule has 16 heavy (non-hydrogen) atoms. The highest BCUT2D eigenvalue weighted by molar-refractivity contribution is 7.89. The molecule has 0 saturated carbocycles. The maximum Gasteiger partial charge on any atom is 0.249 e. The third kappa shape index (κ3) is 1.54. The van der Waals surface area contributed by atoms with E-state index in [9.17, 15) is 13.2 Å². The van der Waals surface area contributed by atoms with E-state index >= 15 is 0 Å². The fourth-order valence-electron chi connectivity index (χ4n) is 1.50. The van der Waals surface area contributed by atoms with Crippen molar-refractivity contribution >= 4 is 27.0 Å². The van der Waals surface area contributed by atoms with Crippen molar-refractivity contribution < 1.29 is 13.2 Å². The average molecular weight is 239 g/mol. The van der Waals surface area contributed by atoms with E-state index in [1.165, 1.54) is 24.5 Å². The molecule has 84 valence electrons. The Balaban J connectivity index is 2.87. The number of pyridine rings is 1. The Bertz CT molecular complexity index is 672. The third-order valence-corrected chi connectivity index (χ3v) is 3.19. The summed E-state index contributed by atoms with van der Waals surface area (Å²) in [6.07, 6.45) is 3.76. The molecule has 0 unspecified atom stereocenters. The molecule has 2 rings (SSSR count). The van der Waals surface area contributed by atoms with Crippen LogP contribution in [0.4, 0.5) is 0 Å². The SMILES string of the molecule is CS(=O)(=O)n1ccc2c(C(N)=O)ccnc21. The van der Waals surface area contributed by atoms with E-state index in [0.29, 0.717) is 5.39 Å². The molecule has 0 aliphatic carbocycles. The summed E-state index contributed by atoms with van der Waals surface area (Å²) in [6, 6.07) is 2.96. The van der Waals surface area contributed by atoms with Crippen LogP contribution >= 0.6 is 0 Å². The van der Waals surface area contributed by atoms with E-state index in [4.69, 9.17) is 5.73 Å². The van der Waals surface area contributed by atoms with Gasteiger partial charge in [-0.15, -0.1) is 0 Å². The molecular formula is C9H9N3O3S. The van der Waals surface area contributed by atoms with E-state index < -0.39 is 15.9 Å². The van der Waals surface area contributed by atoms with Gasteiger partial charge in [0, 0.05) is 17.8 Å².